The fourth-order valence-electron chi connectivity index (χ4n) is 2.30. The van der Waals surface area contributed by atoms with Crippen LogP contribution in [-0.2, 0) is 10.0 Å². The van der Waals surface area contributed by atoms with Gasteiger partial charge in [0.25, 0.3) is 0 Å². The van der Waals surface area contributed by atoms with Crippen LogP contribution in [0.15, 0.2) is 27.6 Å². The van der Waals surface area contributed by atoms with Crippen molar-refractivity contribution >= 4 is 26.0 Å². The summed E-state index contributed by atoms with van der Waals surface area (Å²) in [5.41, 5.74) is 5.63. The third-order valence-corrected chi connectivity index (χ3v) is 5.93. The fourth-order valence-corrected chi connectivity index (χ4v) is 4.26. The highest BCUT2D eigenvalue weighted by atomic mass is 79.9. The van der Waals surface area contributed by atoms with E-state index in [4.69, 9.17) is 5.73 Å². The van der Waals surface area contributed by atoms with E-state index in [1.54, 1.807) is 0 Å². The number of piperidine rings is 1. The molecular weight excluding hydrogens is 335 g/mol. The SMILES string of the molecule is NCC1CCCCN1S(=O)(=O)c1ccc(Br)c(F)c1. The molecule has 106 valence electrons. The molecule has 0 saturated carbocycles. The van der Waals surface area contributed by atoms with Crippen LogP contribution in [-0.4, -0.2) is 31.9 Å². The molecule has 1 heterocycles. The van der Waals surface area contributed by atoms with Gasteiger partial charge in [-0.05, 0) is 47.0 Å². The molecule has 0 amide bonds. The smallest absolute Gasteiger partial charge is 0.243 e. The van der Waals surface area contributed by atoms with Crippen molar-refractivity contribution in [3.63, 3.8) is 0 Å². The van der Waals surface area contributed by atoms with E-state index in [0.29, 0.717) is 6.54 Å². The maximum atomic E-state index is 13.5. The van der Waals surface area contributed by atoms with Gasteiger partial charge in [0.2, 0.25) is 10.0 Å². The lowest BCUT2D eigenvalue weighted by atomic mass is 10.1. The molecule has 19 heavy (non-hydrogen) atoms. The Labute approximate surface area is 121 Å². The maximum absolute atomic E-state index is 13.5. The van der Waals surface area contributed by atoms with E-state index in [9.17, 15) is 12.8 Å². The van der Waals surface area contributed by atoms with Crippen LogP contribution >= 0.6 is 15.9 Å². The summed E-state index contributed by atoms with van der Waals surface area (Å²) in [6.07, 6.45) is 2.55. The lowest BCUT2D eigenvalue weighted by Crippen LogP contribution is -2.47. The summed E-state index contributed by atoms with van der Waals surface area (Å²) in [6.45, 7) is 0.736. The molecule has 2 rings (SSSR count). The van der Waals surface area contributed by atoms with Crippen molar-refractivity contribution in [2.75, 3.05) is 13.1 Å². The van der Waals surface area contributed by atoms with Crippen LogP contribution < -0.4 is 5.73 Å². The van der Waals surface area contributed by atoms with Gasteiger partial charge < -0.3 is 5.73 Å². The molecule has 4 nitrogen and oxygen atoms in total. The number of hydrogen-bond acceptors (Lipinski definition) is 3. The Kier molecular flexibility index (Phi) is 4.60. The van der Waals surface area contributed by atoms with Crippen LogP contribution in [0.5, 0.6) is 0 Å². The van der Waals surface area contributed by atoms with Gasteiger partial charge in [-0.2, -0.15) is 4.31 Å². The molecule has 0 aromatic heterocycles. The summed E-state index contributed by atoms with van der Waals surface area (Å²) < 4.78 is 40.2. The number of nitrogens with zero attached hydrogens (tertiary/aromatic N) is 1. The van der Waals surface area contributed by atoms with Gasteiger partial charge >= 0.3 is 0 Å². The van der Waals surface area contributed by atoms with Gasteiger partial charge in [0.1, 0.15) is 5.82 Å². The summed E-state index contributed by atoms with van der Waals surface area (Å²) in [5.74, 6) is -0.581. The second-order valence-electron chi connectivity index (χ2n) is 4.58. The zero-order valence-electron chi connectivity index (χ0n) is 10.4. The normalized spacial score (nSPS) is 21.5. The van der Waals surface area contributed by atoms with Crippen molar-refractivity contribution in [3.8, 4) is 0 Å². The van der Waals surface area contributed by atoms with Gasteiger partial charge in [-0.15, -0.1) is 0 Å². The van der Waals surface area contributed by atoms with Crippen LogP contribution in [0.2, 0.25) is 0 Å². The van der Waals surface area contributed by atoms with E-state index in [-0.39, 0.29) is 22.0 Å². The summed E-state index contributed by atoms with van der Waals surface area (Å²) in [5, 5.41) is 0. The average molecular weight is 351 g/mol. The van der Waals surface area contributed by atoms with Crippen LogP contribution in [0, 0.1) is 5.82 Å². The molecule has 1 fully saturated rings. The minimum atomic E-state index is -3.67. The van der Waals surface area contributed by atoms with E-state index < -0.39 is 15.8 Å². The summed E-state index contributed by atoms with van der Waals surface area (Å²) >= 11 is 3.01. The second kappa shape index (κ2) is 5.87. The average Bonchev–Trinajstić information content (AvgIpc) is 2.41. The fraction of sp³-hybridized carbons (Fsp3) is 0.500. The third-order valence-electron chi connectivity index (χ3n) is 3.34. The standard InChI is InChI=1S/C12H16BrFN2O2S/c13-11-5-4-10(7-12(11)14)19(17,18)16-6-2-1-3-9(16)8-15/h4-5,7,9H,1-3,6,8,15H2. The lowest BCUT2D eigenvalue weighted by Gasteiger charge is -2.33. The molecule has 1 saturated heterocycles. The predicted molar refractivity (Wildman–Crippen MR) is 74.7 cm³/mol. The first-order chi connectivity index (χ1) is 8.96. The predicted octanol–water partition coefficient (Wildman–Crippen LogP) is 2.09. The quantitative estimate of drug-likeness (QED) is 0.907. The molecule has 1 aliphatic rings. The van der Waals surface area contributed by atoms with Crippen LogP contribution in [0.25, 0.3) is 0 Å². The summed E-state index contributed by atoms with van der Waals surface area (Å²) in [7, 11) is -3.67. The molecule has 0 spiro atoms. The van der Waals surface area contributed by atoms with E-state index in [0.717, 1.165) is 25.3 Å². The highest BCUT2D eigenvalue weighted by Crippen LogP contribution is 2.27. The van der Waals surface area contributed by atoms with Gasteiger partial charge in [0.15, 0.2) is 0 Å². The Hall–Kier alpha value is -0.500. The number of sulfonamides is 1. The van der Waals surface area contributed by atoms with Gasteiger partial charge in [0.05, 0.1) is 9.37 Å². The molecule has 1 atom stereocenters. The van der Waals surface area contributed by atoms with Crippen LogP contribution in [0.3, 0.4) is 0 Å². The van der Waals surface area contributed by atoms with E-state index in [2.05, 4.69) is 15.9 Å². The highest BCUT2D eigenvalue weighted by Gasteiger charge is 2.32. The van der Waals surface area contributed by atoms with Crippen molar-refractivity contribution in [2.24, 2.45) is 5.73 Å². The Morgan fingerprint density at radius 3 is 2.79 bits per heavy atom. The first-order valence-electron chi connectivity index (χ1n) is 6.14. The zero-order chi connectivity index (χ0) is 14.0. The minimum absolute atomic E-state index is 0.0199. The molecule has 0 bridgehead atoms. The molecule has 1 aromatic carbocycles. The topological polar surface area (TPSA) is 63.4 Å². The van der Waals surface area contributed by atoms with Crippen molar-refractivity contribution in [2.45, 2.75) is 30.2 Å². The second-order valence-corrected chi connectivity index (χ2v) is 7.32. The van der Waals surface area contributed by atoms with Gasteiger partial charge in [0, 0.05) is 19.1 Å². The molecule has 7 heteroatoms. The van der Waals surface area contributed by atoms with Crippen molar-refractivity contribution in [1.82, 2.24) is 4.31 Å². The molecule has 0 radical (unpaired) electrons. The van der Waals surface area contributed by atoms with Gasteiger partial charge in [-0.25, -0.2) is 12.8 Å². The monoisotopic (exact) mass is 350 g/mol. The lowest BCUT2D eigenvalue weighted by molar-refractivity contribution is 0.257. The minimum Gasteiger partial charge on any atom is -0.329 e. The molecule has 1 aromatic rings. The van der Waals surface area contributed by atoms with Gasteiger partial charge in [-0.3, -0.25) is 0 Å². The number of halogens is 2. The van der Waals surface area contributed by atoms with Gasteiger partial charge in [-0.1, -0.05) is 6.42 Å². The number of hydrogen-bond donors (Lipinski definition) is 1. The molecule has 0 aliphatic carbocycles. The van der Waals surface area contributed by atoms with Crippen molar-refractivity contribution in [3.05, 3.63) is 28.5 Å². The highest BCUT2D eigenvalue weighted by molar-refractivity contribution is 9.10. The van der Waals surface area contributed by atoms with Crippen molar-refractivity contribution < 1.29 is 12.8 Å². The maximum Gasteiger partial charge on any atom is 0.243 e. The molecule has 1 unspecified atom stereocenters. The van der Waals surface area contributed by atoms with Crippen LogP contribution in [0.1, 0.15) is 19.3 Å². The summed E-state index contributed by atoms with van der Waals surface area (Å²) in [4.78, 5) is -0.0199. The largest absolute Gasteiger partial charge is 0.329 e. The van der Waals surface area contributed by atoms with E-state index >= 15 is 0 Å². The Bertz CT molecular complexity index is 565. The van der Waals surface area contributed by atoms with Crippen LogP contribution in [0.4, 0.5) is 4.39 Å². The summed E-state index contributed by atoms with van der Waals surface area (Å²) in [6, 6.07) is 3.67. The first-order valence-corrected chi connectivity index (χ1v) is 8.37. The first kappa shape index (κ1) is 14.9. The van der Waals surface area contributed by atoms with E-state index in [1.165, 1.54) is 16.4 Å². The Balaban J connectivity index is 2.37. The molecule has 1 aliphatic heterocycles. The van der Waals surface area contributed by atoms with Crippen molar-refractivity contribution in [1.29, 1.82) is 0 Å². The number of nitrogens with two attached hydrogens (primary N) is 1. The third kappa shape index (κ3) is 2.99. The molecule has 2 N–H and O–H groups in total. The Morgan fingerprint density at radius 1 is 1.42 bits per heavy atom. The van der Waals surface area contributed by atoms with E-state index in [1.807, 2.05) is 0 Å². The molecular formula is C12H16BrFN2O2S. The Morgan fingerprint density at radius 2 is 2.16 bits per heavy atom. The zero-order valence-corrected chi connectivity index (χ0v) is 12.8. The number of rotatable bonds is 3. The number of benzene rings is 1.